The smallest absolute Gasteiger partial charge is 0.177 e. The van der Waals surface area contributed by atoms with Gasteiger partial charge in [-0.25, -0.2) is 0 Å². The Hall–Kier alpha value is -1.18. The Labute approximate surface area is 130 Å². The van der Waals surface area contributed by atoms with E-state index < -0.39 is 0 Å². The van der Waals surface area contributed by atoms with Gasteiger partial charge in [0.15, 0.2) is 5.78 Å². The molecule has 0 bridgehead atoms. The summed E-state index contributed by atoms with van der Waals surface area (Å²) in [6.45, 7) is 10.5. The van der Waals surface area contributed by atoms with Crippen LogP contribution < -0.4 is 0 Å². The van der Waals surface area contributed by atoms with Gasteiger partial charge in [0.05, 0.1) is 0 Å². The molecule has 0 spiro atoms. The summed E-state index contributed by atoms with van der Waals surface area (Å²) >= 11 is 0. The zero-order valence-electron chi connectivity index (χ0n) is 14.4. The minimum Gasteiger partial charge on any atom is -0.303 e. The molecule has 2 nitrogen and oxygen atoms in total. The van der Waals surface area contributed by atoms with Crippen LogP contribution in [0.1, 0.15) is 66.7 Å². The number of hydrogen-bond acceptors (Lipinski definition) is 2. The average molecular weight is 292 g/mol. The summed E-state index contributed by atoms with van der Waals surface area (Å²) in [5.74, 6) is 0.665. The van der Waals surface area contributed by atoms with Crippen LogP contribution in [0.25, 0.3) is 0 Å². The number of aldehydes is 1. The van der Waals surface area contributed by atoms with Crippen molar-refractivity contribution >= 4 is 12.1 Å². The van der Waals surface area contributed by atoms with Gasteiger partial charge in [-0.2, -0.15) is 0 Å². The molecule has 0 saturated carbocycles. The highest BCUT2D eigenvalue weighted by Crippen LogP contribution is 2.38. The Balaban J connectivity index is 4.38. The van der Waals surface area contributed by atoms with Crippen LogP contribution in [0, 0.1) is 17.3 Å². The first kappa shape index (κ1) is 19.8. The summed E-state index contributed by atoms with van der Waals surface area (Å²) in [6.07, 6.45) is 13.0. The molecule has 0 aliphatic rings. The highest BCUT2D eigenvalue weighted by Gasteiger charge is 2.35. The highest BCUT2D eigenvalue weighted by atomic mass is 16.1. The Morgan fingerprint density at radius 3 is 1.95 bits per heavy atom. The number of carbonyl (C=O) groups is 2. The van der Waals surface area contributed by atoms with Crippen LogP contribution in [-0.4, -0.2) is 12.1 Å². The third kappa shape index (κ3) is 6.88. The van der Waals surface area contributed by atoms with E-state index in [1.54, 1.807) is 12.2 Å². The minimum atomic E-state index is -0.287. The molecule has 21 heavy (non-hydrogen) atoms. The fourth-order valence-electron chi connectivity index (χ4n) is 2.68. The summed E-state index contributed by atoms with van der Waals surface area (Å²) in [7, 11) is 0. The Morgan fingerprint density at radius 2 is 1.52 bits per heavy atom. The topological polar surface area (TPSA) is 34.1 Å². The second-order valence-corrected chi connectivity index (χ2v) is 6.43. The van der Waals surface area contributed by atoms with Crippen molar-refractivity contribution in [2.75, 3.05) is 0 Å². The number of hydrogen-bond donors (Lipinski definition) is 0. The molecule has 0 atom stereocenters. The lowest BCUT2D eigenvalue weighted by Crippen LogP contribution is -2.34. The van der Waals surface area contributed by atoms with Gasteiger partial charge in [0.25, 0.3) is 0 Å². The molecule has 0 aromatic carbocycles. The fraction of sp³-hybridized carbons (Fsp3) is 0.684. The predicted octanol–water partition coefficient (Wildman–Crippen LogP) is 5.14. The third-order valence-electron chi connectivity index (χ3n) is 4.40. The molecule has 0 radical (unpaired) electrons. The molecule has 0 aromatic rings. The van der Waals surface area contributed by atoms with Crippen LogP contribution in [0.5, 0.6) is 0 Å². The lowest BCUT2D eigenvalue weighted by atomic mass is 9.67. The maximum atomic E-state index is 11.6. The van der Waals surface area contributed by atoms with Crippen molar-refractivity contribution in [2.24, 2.45) is 17.3 Å². The molecule has 120 valence electrons. The first-order valence-corrected chi connectivity index (χ1v) is 8.24. The van der Waals surface area contributed by atoms with Crippen molar-refractivity contribution in [1.82, 2.24) is 0 Å². The first-order valence-electron chi connectivity index (χ1n) is 8.24. The summed E-state index contributed by atoms with van der Waals surface area (Å²) in [5.41, 5.74) is -0.287. The van der Waals surface area contributed by atoms with Crippen LogP contribution in [0.4, 0.5) is 0 Å². The van der Waals surface area contributed by atoms with E-state index in [1.807, 2.05) is 12.2 Å². The van der Waals surface area contributed by atoms with Crippen molar-refractivity contribution < 1.29 is 9.59 Å². The zero-order valence-corrected chi connectivity index (χ0v) is 14.4. The monoisotopic (exact) mass is 292 g/mol. The molecule has 0 N–H and O–H groups in total. The van der Waals surface area contributed by atoms with Gasteiger partial charge in [-0.3, -0.25) is 4.79 Å². The van der Waals surface area contributed by atoms with Gasteiger partial charge in [0.1, 0.15) is 6.29 Å². The lowest BCUT2D eigenvalue weighted by Gasteiger charge is -2.36. The Morgan fingerprint density at radius 1 is 1.00 bits per heavy atom. The van der Waals surface area contributed by atoms with Crippen LogP contribution >= 0.6 is 0 Å². The van der Waals surface area contributed by atoms with Gasteiger partial charge in [-0.05, 0) is 43.3 Å². The molecule has 0 rings (SSSR count). The van der Waals surface area contributed by atoms with E-state index in [0.29, 0.717) is 11.8 Å². The van der Waals surface area contributed by atoms with Gasteiger partial charge < -0.3 is 4.79 Å². The summed E-state index contributed by atoms with van der Waals surface area (Å²) < 4.78 is 0. The predicted molar refractivity (Wildman–Crippen MR) is 90.2 cm³/mol. The van der Waals surface area contributed by atoms with Gasteiger partial charge in [-0.1, -0.05) is 59.6 Å². The number of allylic oxidation sites excluding steroid dienone is 4. The van der Waals surface area contributed by atoms with Crippen molar-refractivity contribution in [2.45, 2.75) is 66.7 Å². The zero-order chi connectivity index (χ0) is 16.3. The average Bonchev–Trinajstić information content (AvgIpc) is 2.43. The third-order valence-corrected chi connectivity index (χ3v) is 4.40. The van der Waals surface area contributed by atoms with Crippen molar-refractivity contribution in [3.63, 3.8) is 0 Å². The minimum absolute atomic E-state index is 0.0388. The van der Waals surface area contributed by atoms with Crippen LogP contribution in [0.2, 0.25) is 0 Å². The number of rotatable bonds is 11. The van der Waals surface area contributed by atoms with Crippen LogP contribution in [-0.2, 0) is 9.59 Å². The largest absolute Gasteiger partial charge is 0.303 e. The molecule has 0 amide bonds. The van der Waals surface area contributed by atoms with E-state index >= 15 is 0 Å². The van der Waals surface area contributed by atoms with E-state index in [4.69, 9.17) is 0 Å². The maximum Gasteiger partial charge on any atom is 0.177 e. The van der Waals surface area contributed by atoms with E-state index in [-0.39, 0.29) is 11.2 Å². The van der Waals surface area contributed by atoms with Crippen LogP contribution in [0.3, 0.4) is 0 Å². The number of ketones is 1. The molecule has 0 aliphatic heterocycles. The van der Waals surface area contributed by atoms with Crippen LogP contribution in [0.15, 0.2) is 24.3 Å². The summed E-state index contributed by atoms with van der Waals surface area (Å²) in [4.78, 5) is 23.2. The molecular formula is C19H32O2. The quantitative estimate of drug-likeness (QED) is 0.300. The van der Waals surface area contributed by atoms with Crippen molar-refractivity contribution in [3.05, 3.63) is 24.3 Å². The van der Waals surface area contributed by atoms with E-state index in [0.717, 1.165) is 38.4 Å². The standard InChI is InChI=1S/C19H32O2/c1-6-7-8-9-12-18(21)13-10-11-14-19(15-20,16(2)3)17(4)5/h9-10,12-13,15-17H,6-8,11,14H2,1-5H3. The van der Waals surface area contributed by atoms with Crippen molar-refractivity contribution in [3.8, 4) is 0 Å². The van der Waals surface area contributed by atoms with Crippen molar-refractivity contribution in [1.29, 1.82) is 0 Å². The van der Waals surface area contributed by atoms with E-state index in [1.165, 1.54) is 0 Å². The number of carbonyl (C=O) groups excluding carboxylic acids is 2. The molecule has 0 saturated heterocycles. The second kappa shape index (κ2) is 10.5. The molecule has 0 fully saturated rings. The van der Waals surface area contributed by atoms with E-state index in [9.17, 15) is 9.59 Å². The molecular weight excluding hydrogens is 260 g/mol. The van der Waals surface area contributed by atoms with Gasteiger partial charge >= 0.3 is 0 Å². The molecule has 2 heteroatoms. The lowest BCUT2D eigenvalue weighted by molar-refractivity contribution is -0.121. The SMILES string of the molecule is CCCCC=CC(=O)C=CCCC(C=O)(C(C)C)C(C)C. The van der Waals surface area contributed by atoms with Gasteiger partial charge in [0.2, 0.25) is 0 Å². The highest BCUT2D eigenvalue weighted by molar-refractivity contribution is 5.99. The summed E-state index contributed by atoms with van der Waals surface area (Å²) in [5, 5.41) is 0. The second-order valence-electron chi connectivity index (χ2n) is 6.43. The normalized spacial score (nSPS) is 12.9. The fourth-order valence-corrected chi connectivity index (χ4v) is 2.68. The van der Waals surface area contributed by atoms with Gasteiger partial charge in [-0.15, -0.1) is 0 Å². The Bertz CT molecular complexity index is 354. The molecule has 0 aliphatic carbocycles. The summed E-state index contributed by atoms with van der Waals surface area (Å²) in [6, 6.07) is 0. The van der Waals surface area contributed by atoms with E-state index in [2.05, 4.69) is 34.6 Å². The first-order chi connectivity index (χ1) is 9.90. The van der Waals surface area contributed by atoms with Gasteiger partial charge in [0, 0.05) is 5.41 Å². The molecule has 0 aromatic heterocycles. The maximum absolute atomic E-state index is 11.6. The molecule has 0 heterocycles. The number of unbranched alkanes of at least 4 members (excludes halogenated alkanes) is 2. The molecule has 0 unspecified atom stereocenters. The Kier molecular flexibility index (Phi) is 9.94.